The molecule has 3 aromatic rings. The summed E-state index contributed by atoms with van der Waals surface area (Å²) in [6.45, 7) is 4.63. The molecule has 2 aromatic carbocycles. The maximum Gasteiger partial charge on any atom is 0.244 e. The lowest BCUT2D eigenvalue weighted by Crippen LogP contribution is -2.24. The minimum Gasteiger partial charge on any atom is -0.495 e. The van der Waals surface area contributed by atoms with Crippen LogP contribution in [0, 0.1) is 13.8 Å². The molecule has 0 atom stereocenters. The van der Waals surface area contributed by atoms with Crippen molar-refractivity contribution in [3.8, 4) is 5.75 Å². The van der Waals surface area contributed by atoms with Crippen LogP contribution in [0.4, 0.5) is 0 Å². The molecular formula is C20H22BrN3O3S. The molecule has 1 aromatic heterocycles. The normalized spacial score (nSPS) is 11.6. The van der Waals surface area contributed by atoms with Gasteiger partial charge in [-0.25, -0.2) is 13.1 Å². The molecule has 148 valence electrons. The number of nitrogens with zero attached hydrogens (tertiary/aromatic N) is 2. The molecule has 0 unspecified atom stereocenters. The van der Waals surface area contributed by atoms with Gasteiger partial charge >= 0.3 is 0 Å². The lowest BCUT2D eigenvalue weighted by Gasteiger charge is -2.11. The van der Waals surface area contributed by atoms with Gasteiger partial charge in [-0.3, -0.25) is 4.68 Å². The number of rotatable bonds is 7. The highest BCUT2D eigenvalue weighted by atomic mass is 79.9. The fraction of sp³-hybridized carbons (Fsp3) is 0.250. The highest BCUT2D eigenvalue weighted by molar-refractivity contribution is 9.10. The van der Waals surface area contributed by atoms with Crippen LogP contribution in [0.5, 0.6) is 5.75 Å². The fourth-order valence-electron chi connectivity index (χ4n) is 3.01. The number of sulfonamides is 1. The Bertz CT molecular complexity index is 1080. The Morgan fingerprint density at radius 2 is 1.86 bits per heavy atom. The average Bonchev–Trinajstić information content (AvgIpc) is 2.94. The first-order chi connectivity index (χ1) is 13.3. The summed E-state index contributed by atoms with van der Waals surface area (Å²) >= 11 is 3.31. The molecule has 0 aliphatic carbocycles. The number of halogens is 1. The number of methoxy groups -OCH3 is 1. The monoisotopic (exact) mass is 463 g/mol. The van der Waals surface area contributed by atoms with Crippen molar-refractivity contribution in [1.82, 2.24) is 14.5 Å². The lowest BCUT2D eigenvalue weighted by molar-refractivity contribution is 0.402. The maximum absolute atomic E-state index is 12.8. The summed E-state index contributed by atoms with van der Waals surface area (Å²) in [7, 11) is -2.30. The van der Waals surface area contributed by atoms with Crippen molar-refractivity contribution >= 4 is 26.0 Å². The zero-order valence-electron chi connectivity index (χ0n) is 15.9. The summed E-state index contributed by atoms with van der Waals surface area (Å²) in [6, 6.07) is 14.9. The summed E-state index contributed by atoms with van der Waals surface area (Å²) in [5, 5.41) is 4.58. The fourth-order valence-corrected chi connectivity index (χ4v) is 4.71. The molecule has 1 N–H and O–H groups in total. The largest absolute Gasteiger partial charge is 0.495 e. The third-order valence-electron chi connectivity index (χ3n) is 4.56. The molecule has 0 saturated heterocycles. The van der Waals surface area contributed by atoms with Crippen molar-refractivity contribution in [2.45, 2.75) is 31.8 Å². The van der Waals surface area contributed by atoms with Crippen molar-refractivity contribution < 1.29 is 13.2 Å². The van der Waals surface area contributed by atoms with Crippen molar-refractivity contribution in [3.05, 3.63) is 75.5 Å². The summed E-state index contributed by atoms with van der Waals surface area (Å²) in [4.78, 5) is 0.0939. The zero-order valence-corrected chi connectivity index (χ0v) is 18.3. The van der Waals surface area contributed by atoms with E-state index in [4.69, 9.17) is 4.74 Å². The predicted octanol–water partition coefficient (Wildman–Crippen LogP) is 3.80. The molecule has 0 spiro atoms. The van der Waals surface area contributed by atoms with Crippen LogP contribution in [0.25, 0.3) is 0 Å². The van der Waals surface area contributed by atoms with Gasteiger partial charge < -0.3 is 4.74 Å². The molecular weight excluding hydrogens is 442 g/mol. The van der Waals surface area contributed by atoms with Crippen molar-refractivity contribution in [1.29, 1.82) is 0 Å². The van der Waals surface area contributed by atoms with Crippen LogP contribution in [-0.4, -0.2) is 25.3 Å². The second-order valence-electron chi connectivity index (χ2n) is 6.41. The molecule has 0 amide bonds. The minimum absolute atomic E-state index is 0.0939. The van der Waals surface area contributed by atoms with Crippen LogP contribution in [0.15, 0.2) is 57.9 Å². The predicted molar refractivity (Wildman–Crippen MR) is 112 cm³/mol. The maximum atomic E-state index is 12.8. The molecule has 6 nitrogen and oxygen atoms in total. The molecule has 0 saturated carbocycles. The van der Waals surface area contributed by atoms with Gasteiger partial charge in [0.15, 0.2) is 0 Å². The Kier molecular flexibility index (Phi) is 6.22. The second-order valence-corrected chi connectivity index (χ2v) is 9.06. The third-order valence-corrected chi connectivity index (χ3v) is 6.48. The Hall–Kier alpha value is -2.16. The zero-order chi connectivity index (χ0) is 20.3. The van der Waals surface area contributed by atoms with Gasteiger partial charge in [-0.15, -0.1) is 0 Å². The highest BCUT2D eigenvalue weighted by Gasteiger charge is 2.21. The van der Waals surface area contributed by atoms with E-state index >= 15 is 0 Å². The first kappa shape index (κ1) is 20.6. The lowest BCUT2D eigenvalue weighted by atomic mass is 10.2. The van der Waals surface area contributed by atoms with E-state index in [9.17, 15) is 8.42 Å². The van der Waals surface area contributed by atoms with Crippen LogP contribution in [0.1, 0.15) is 22.5 Å². The SMILES string of the molecule is COc1ccc(Br)cc1S(=O)(=O)NCc1c(C)nn(Cc2ccccc2)c1C. The summed E-state index contributed by atoms with van der Waals surface area (Å²) in [6.07, 6.45) is 0. The van der Waals surface area contributed by atoms with Crippen LogP contribution >= 0.6 is 15.9 Å². The standard InChI is InChI=1S/C20H22BrN3O3S/c1-14-18(15(2)24(23-14)13-16-7-5-4-6-8-16)12-22-28(25,26)20-11-17(21)9-10-19(20)27-3/h4-11,22H,12-13H2,1-3H3. The topological polar surface area (TPSA) is 73.2 Å². The van der Waals surface area contributed by atoms with E-state index in [-0.39, 0.29) is 11.4 Å². The van der Waals surface area contributed by atoms with E-state index in [0.29, 0.717) is 16.8 Å². The first-order valence-electron chi connectivity index (χ1n) is 8.72. The number of nitrogens with one attached hydrogen (secondary N) is 1. The summed E-state index contributed by atoms with van der Waals surface area (Å²) < 4.78 is 36.1. The van der Waals surface area contributed by atoms with E-state index in [0.717, 1.165) is 22.5 Å². The number of aromatic nitrogens is 2. The molecule has 0 bridgehead atoms. The molecule has 0 radical (unpaired) electrons. The van der Waals surface area contributed by atoms with E-state index in [1.165, 1.54) is 13.2 Å². The van der Waals surface area contributed by atoms with Crippen molar-refractivity contribution in [3.63, 3.8) is 0 Å². The first-order valence-corrected chi connectivity index (χ1v) is 11.0. The van der Waals surface area contributed by atoms with Gasteiger partial charge in [-0.1, -0.05) is 46.3 Å². The number of hydrogen-bond donors (Lipinski definition) is 1. The van der Waals surface area contributed by atoms with Gasteiger partial charge in [-0.05, 0) is 37.6 Å². The van der Waals surface area contributed by atoms with Crippen molar-refractivity contribution in [2.24, 2.45) is 0 Å². The van der Waals surface area contributed by atoms with Crippen LogP contribution in [-0.2, 0) is 23.1 Å². The van der Waals surface area contributed by atoms with Crippen LogP contribution < -0.4 is 9.46 Å². The number of hydrogen-bond acceptors (Lipinski definition) is 4. The van der Waals surface area contributed by atoms with E-state index in [1.807, 2.05) is 48.9 Å². The number of ether oxygens (including phenoxy) is 1. The minimum atomic E-state index is -3.75. The molecule has 3 rings (SSSR count). The van der Waals surface area contributed by atoms with Crippen molar-refractivity contribution in [2.75, 3.05) is 7.11 Å². The third kappa shape index (κ3) is 4.45. The van der Waals surface area contributed by atoms with Gasteiger partial charge in [-0.2, -0.15) is 5.10 Å². The van der Waals surface area contributed by atoms with Gasteiger partial charge in [0, 0.05) is 22.3 Å². The highest BCUT2D eigenvalue weighted by Crippen LogP contribution is 2.27. The molecule has 0 fully saturated rings. The van der Waals surface area contributed by atoms with Gasteiger partial charge in [0.1, 0.15) is 10.6 Å². The molecule has 0 aliphatic rings. The van der Waals surface area contributed by atoms with Crippen LogP contribution in [0.3, 0.4) is 0 Å². The summed E-state index contributed by atoms with van der Waals surface area (Å²) in [5.74, 6) is 0.295. The Morgan fingerprint density at radius 1 is 1.14 bits per heavy atom. The molecule has 1 heterocycles. The molecule has 28 heavy (non-hydrogen) atoms. The average molecular weight is 464 g/mol. The van der Waals surface area contributed by atoms with Crippen LogP contribution in [0.2, 0.25) is 0 Å². The summed E-state index contributed by atoms with van der Waals surface area (Å²) in [5.41, 5.74) is 3.75. The van der Waals surface area contributed by atoms with E-state index in [1.54, 1.807) is 12.1 Å². The molecule has 8 heteroatoms. The quantitative estimate of drug-likeness (QED) is 0.578. The van der Waals surface area contributed by atoms with E-state index < -0.39 is 10.0 Å². The second kappa shape index (κ2) is 8.46. The Balaban J connectivity index is 1.82. The Morgan fingerprint density at radius 3 is 2.54 bits per heavy atom. The van der Waals surface area contributed by atoms with Gasteiger partial charge in [0.25, 0.3) is 0 Å². The smallest absolute Gasteiger partial charge is 0.244 e. The van der Waals surface area contributed by atoms with E-state index in [2.05, 4.69) is 25.8 Å². The molecule has 0 aliphatic heterocycles. The van der Waals surface area contributed by atoms with Gasteiger partial charge in [0.2, 0.25) is 10.0 Å². The van der Waals surface area contributed by atoms with Gasteiger partial charge in [0.05, 0.1) is 19.3 Å². The number of aryl methyl sites for hydroxylation is 1. The number of benzene rings is 2. The Labute approximate surface area is 173 Å².